The minimum absolute atomic E-state index is 0.0896. The Morgan fingerprint density at radius 3 is 2.29 bits per heavy atom. The maximum absolute atomic E-state index is 11.6. The molecule has 1 N–H and O–H groups in total. The lowest BCUT2D eigenvalue weighted by atomic mass is 10.1. The summed E-state index contributed by atoms with van der Waals surface area (Å²) in [5.41, 5.74) is 0.537. The van der Waals surface area contributed by atoms with Gasteiger partial charge in [-0.25, -0.2) is 0 Å². The highest BCUT2D eigenvalue weighted by Gasteiger charge is 2.52. The van der Waals surface area contributed by atoms with Crippen LogP contribution in [0.2, 0.25) is 6.04 Å². The Morgan fingerprint density at radius 2 is 1.75 bits per heavy atom. The summed E-state index contributed by atoms with van der Waals surface area (Å²) in [5.74, 6) is -0.0896. The highest BCUT2D eigenvalue weighted by atomic mass is 28.4. The Kier molecular flexibility index (Phi) is 7.94. The Bertz CT molecular complexity index is 413. The van der Waals surface area contributed by atoms with Crippen LogP contribution in [0.1, 0.15) is 65.2 Å². The van der Waals surface area contributed by atoms with Crippen LogP contribution in [-0.4, -0.2) is 40.1 Å². The van der Waals surface area contributed by atoms with E-state index in [2.05, 4.69) is 11.9 Å². The average Bonchev–Trinajstić information content (AvgIpc) is 2.92. The molecule has 0 bridgehead atoms. The second kappa shape index (κ2) is 9.70. The van der Waals surface area contributed by atoms with Gasteiger partial charge in [0.1, 0.15) is 0 Å². The van der Waals surface area contributed by atoms with Crippen molar-refractivity contribution in [1.29, 1.82) is 0 Å². The van der Waals surface area contributed by atoms with Gasteiger partial charge in [-0.2, -0.15) is 0 Å². The van der Waals surface area contributed by atoms with Gasteiger partial charge in [-0.05, 0) is 33.1 Å². The maximum atomic E-state index is 11.6. The van der Waals surface area contributed by atoms with Gasteiger partial charge in [0.05, 0.1) is 12.2 Å². The molecule has 1 saturated heterocycles. The van der Waals surface area contributed by atoms with Crippen LogP contribution >= 0.6 is 0 Å². The highest BCUT2D eigenvalue weighted by molar-refractivity contribution is 6.61. The molecular formula is C18H33NO4Si. The number of rotatable bonds is 7. The van der Waals surface area contributed by atoms with Gasteiger partial charge in [-0.15, -0.1) is 0 Å². The van der Waals surface area contributed by atoms with Crippen LogP contribution in [0.3, 0.4) is 0 Å². The van der Waals surface area contributed by atoms with Crippen molar-refractivity contribution in [1.82, 2.24) is 5.32 Å². The zero-order valence-corrected chi connectivity index (χ0v) is 16.3. The van der Waals surface area contributed by atoms with Crippen molar-refractivity contribution in [3.63, 3.8) is 0 Å². The maximum Gasteiger partial charge on any atom is 0.501 e. The number of hydrogen-bond acceptors (Lipinski definition) is 4. The Labute approximate surface area is 147 Å². The summed E-state index contributed by atoms with van der Waals surface area (Å²) in [4.78, 5) is 11.6. The molecule has 1 heterocycles. The molecule has 2 fully saturated rings. The van der Waals surface area contributed by atoms with Crippen LogP contribution in [0.25, 0.3) is 0 Å². The van der Waals surface area contributed by atoms with E-state index < -0.39 is 8.80 Å². The number of amides is 1. The predicted octanol–water partition coefficient (Wildman–Crippen LogP) is 3.57. The van der Waals surface area contributed by atoms with E-state index in [0.29, 0.717) is 18.7 Å². The first kappa shape index (κ1) is 19.6. The molecule has 138 valence electrons. The average molecular weight is 356 g/mol. The predicted molar refractivity (Wildman–Crippen MR) is 96.7 cm³/mol. The van der Waals surface area contributed by atoms with E-state index in [9.17, 15) is 4.79 Å². The number of hydrogen-bond donors (Lipinski definition) is 1. The van der Waals surface area contributed by atoms with E-state index >= 15 is 0 Å². The molecule has 0 aromatic rings. The molecule has 1 saturated carbocycles. The van der Waals surface area contributed by atoms with E-state index in [4.69, 9.17) is 13.3 Å². The number of carbonyl (C=O) groups excluding carboxylic acids is 1. The Hall–Kier alpha value is -0.693. The fourth-order valence-electron chi connectivity index (χ4n) is 3.49. The second-order valence-electron chi connectivity index (χ2n) is 6.91. The van der Waals surface area contributed by atoms with E-state index in [1.807, 2.05) is 6.92 Å². The molecule has 0 spiro atoms. The van der Waals surface area contributed by atoms with Gasteiger partial charge >= 0.3 is 8.80 Å². The third-order valence-corrected chi connectivity index (χ3v) is 7.77. The summed E-state index contributed by atoms with van der Waals surface area (Å²) >= 11 is 0. The summed E-state index contributed by atoms with van der Waals surface area (Å²) in [6.45, 7) is 8.59. The third kappa shape index (κ3) is 5.69. The normalized spacial score (nSPS) is 30.8. The molecule has 0 radical (unpaired) electrons. The van der Waals surface area contributed by atoms with Gasteiger partial charge in [-0.1, -0.05) is 38.7 Å². The van der Waals surface area contributed by atoms with E-state index in [1.165, 1.54) is 32.1 Å². The van der Waals surface area contributed by atoms with Crippen molar-refractivity contribution in [2.45, 2.75) is 83.5 Å². The molecule has 5 nitrogen and oxygen atoms in total. The molecule has 2 aliphatic rings. The first-order valence-corrected chi connectivity index (χ1v) is 11.4. The summed E-state index contributed by atoms with van der Waals surface area (Å²) in [7, 11) is -2.59. The van der Waals surface area contributed by atoms with Crippen LogP contribution in [0.4, 0.5) is 0 Å². The summed E-state index contributed by atoms with van der Waals surface area (Å²) in [5, 5.41) is 2.87. The molecule has 24 heavy (non-hydrogen) atoms. The standard InChI is InChI=1S/C18H33NO4Si/c1-4-21-24(14-10-13-19-18(20)15(2)3)22-16-11-8-6-5-7-9-12-17(16)23-24/h16-17H,2,4-14H2,1,3H3,(H,19,20). The summed E-state index contributed by atoms with van der Waals surface area (Å²) in [6, 6.07) is 0.768. The van der Waals surface area contributed by atoms with Gasteiger partial charge in [0.25, 0.3) is 0 Å². The smallest absolute Gasteiger partial charge is 0.374 e. The summed E-state index contributed by atoms with van der Waals surface area (Å²) < 4.78 is 18.8. The second-order valence-corrected chi connectivity index (χ2v) is 9.54. The van der Waals surface area contributed by atoms with Gasteiger partial charge in [0, 0.05) is 24.8 Å². The van der Waals surface area contributed by atoms with Crippen LogP contribution < -0.4 is 5.32 Å². The van der Waals surface area contributed by atoms with Crippen molar-refractivity contribution in [2.75, 3.05) is 13.2 Å². The summed E-state index contributed by atoms with van der Waals surface area (Å²) in [6.07, 6.45) is 9.73. The van der Waals surface area contributed by atoms with Crippen LogP contribution in [0.5, 0.6) is 0 Å². The van der Waals surface area contributed by atoms with Crippen LogP contribution in [0, 0.1) is 0 Å². The number of carbonyl (C=O) groups is 1. The lowest BCUT2D eigenvalue weighted by Gasteiger charge is -2.23. The largest absolute Gasteiger partial charge is 0.501 e. The fourth-order valence-corrected chi connectivity index (χ4v) is 6.57. The number of fused-ring (bicyclic) bond motifs is 1. The SMILES string of the molecule is C=C(C)C(=O)NCCC[Si]1(OCC)OC2CCCCCCCC2O1. The molecule has 1 aliphatic carbocycles. The highest BCUT2D eigenvalue weighted by Crippen LogP contribution is 2.36. The minimum atomic E-state index is -2.59. The molecule has 0 aromatic carbocycles. The quantitative estimate of drug-likeness (QED) is 0.431. The molecule has 0 aromatic heterocycles. The zero-order valence-electron chi connectivity index (χ0n) is 15.3. The molecule has 1 amide bonds. The van der Waals surface area contributed by atoms with E-state index in [1.54, 1.807) is 6.92 Å². The molecular weight excluding hydrogens is 322 g/mol. The van der Waals surface area contributed by atoms with Gasteiger partial charge in [0.15, 0.2) is 0 Å². The lowest BCUT2D eigenvalue weighted by molar-refractivity contribution is -0.117. The molecule has 2 unspecified atom stereocenters. The molecule has 2 atom stereocenters. The van der Waals surface area contributed by atoms with E-state index in [0.717, 1.165) is 25.3 Å². The number of nitrogens with one attached hydrogen (secondary N) is 1. The van der Waals surface area contributed by atoms with Gasteiger partial charge in [-0.3, -0.25) is 4.79 Å². The zero-order chi connectivity index (χ0) is 17.4. The van der Waals surface area contributed by atoms with Crippen molar-refractivity contribution in [3.05, 3.63) is 12.2 Å². The van der Waals surface area contributed by atoms with Crippen molar-refractivity contribution < 1.29 is 18.1 Å². The molecule has 6 heteroatoms. The fraction of sp³-hybridized carbons (Fsp3) is 0.833. The van der Waals surface area contributed by atoms with Crippen molar-refractivity contribution in [3.8, 4) is 0 Å². The monoisotopic (exact) mass is 355 g/mol. The van der Waals surface area contributed by atoms with Gasteiger partial charge in [0.2, 0.25) is 5.91 Å². The molecule has 1 aliphatic heterocycles. The topological polar surface area (TPSA) is 56.8 Å². The first-order valence-electron chi connectivity index (χ1n) is 9.49. The third-order valence-electron chi connectivity index (χ3n) is 4.75. The molecule has 2 rings (SSSR count). The minimum Gasteiger partial charge on any atom is -0.374 e. The Morgan fingerprint density at radius 1 is 1.17 bits per heavy atom. The van der Waals surface area contributed by atoms with Gasteiger partial charge < -0.3 is 18.6 Å². The van der Waals surface area contributed by atoms with Crippen molar-refractivity contribution >= 4 is 14.7 Å². The van der Waals surface area contributed by atoms with Crippen LogP contribution in [0.15, 0.2) is 12.2 Å². The first-order chi connectivity index (χ1) is 11.6. The van der Waals surface area contributed by atoms with E-state index in [-0.39, 0.29) is 18.1 Å². The Balaban J connectivity index is 1.88. The van der Waals surface area contributed by atoms with Crippen molar-refractivity contribution in [2.24, 2.45) is 0 Å². The lowest BCUT2D eigenvalue weighted by Crippen LogP contribution is -2.42. The van der Waals surface area contributed by atoms with Crippen LogP contribution in [-0.2, 0) is 18.1 Å².